The first kappa shape index (κ1) is 25.6. The van der Waals surface area contributed by atoms with Crippen molar-refractivity contribution in [1.29, 1.82) is 0 Å². The van der Waals surface area contributed by atoms with E-state index < -0.39 is 6.04 Å². The molecule has 34 heavy (non-hydrogen) atoms. The van der Waals surface area contributed by atoms with Crippen molar-refractivity contribution in [2.75, 3.05) is 13.7 Å². The second-order valence-electron chi connectivity index (χ2n) is 10.1. The lowest BCUT2D eigenvalue weighted by atomic mass is 9.86. The molecule has 0 saturated heterocycles. The monoisotopic (exact) mass is 466 g/mol. The summed E-state index contributed by atoms with van der Waals surface area (Å²) < 4.78 is 11.2. The van der Waals surface area contributed by atoms with Crippen molar-refractivity contribution in [3.63, 3.8) is 0 Å². The highest BCUT2D eigenvalue weighted by Crippen LogP contribution is 2.31. The highest BCUT2D eigenvalue weighted by atomic mass is 16.5. The summed E-state index contributed by atoms with van der Waals surface area (Å²) in [4.78, 5) is 28.0. The molecule has 1 aliphatic rings. The Balaban J connectivity index is 1.76. The summed E-state index contributed by atoms with van der Waals surface area (Å²) in [5.74, 6) is 1.09. The van der Waals surface area contributed by atoms with Crippen LogP contribution in [0.1, 0.15) is 64.5 Å². The quantitative estimate of drug-likeness (QED) is 0.574. The molecule has 1 atom stereocenters. The van der Waals surface area contributed by atoms with Gasteiger partial charge < -0.3 is 19.7 Å². The zero-order valence-electron chi connectivity index (χ0n) is 21.1. The molecule has 0 spiro atoms. The Morgan fingerprint density at radius 2 is 1.71 bits per heavy atom. The van der Waals surface area contributed by atoms with Crippen LogP contribution in [0.5, 0.6) is 11.5 Å². The number of rotatable bonds is 9. The van der Waals surface area contributed by atoms with E-state index >= 15 is 0 Å². The maximum atomic E-state index is 13.4. The number of nitrogens with one attached hydrogen (secondary N) is 1. The lowest BCUT2D eigenvalue weighted by molar-refractivity contribution is -0.142. The van der Waals surface area contributed by atoms with Crippen molar-refractivity contribution in [2.24, 2.45) is 0 Å². The molecular formula is C28H38N2O4. The van der Waals surface area contributed by atoms with Gasteiger partial charge in [-0.3, -0.25) is 9.59 Å². The first-order valence-electron chi connectivity index (χ1n) is 12.1. The number of methoxy groups -OCH3 is 1. The predicted molar refractivity (Wildman–Crippen MR) is 134 cm³/mol. The van der Waals surface area contributed by atoms with Crippen LogP contribution >= 0.6 is 0 Å². The third-order valence-corrected chi connectivity index (χ3v) is 6.43. The molecule has 0 heterocycles. The van der Waals surface area contributed by atoms with Crippen LogP contribution in [-0.4, -0.2) is 42.5 Å². The van der Waals surface area contributed by atoms with Crippen molar-refractivity contribution in [3.05, 3.63) is 59.7 Å². The Morgan fingerprint density at radius 1 is 1.06 bits per heavy atom. The fourth-order valence-corrected chi connectivity index (χ4v) is 4.34. The molecule has 0 radical (unpaired) electrons. The molecule has 0 aromatic heterocycles. The van der Waals surface area contributed by atoms with Gasteiger partial charge >= 0.3 is 0 Å². The van der Waals surface area contributed by atoms with Gasteiger partial charge in [0.05, 0.1) is 7.11 Å². The van der Waals surface area contributed by atoms with Gasteiger partial charge in [-0.1, -0.05) is 63.9 Å². The summed E-state index contributed by atoms with van der Waals surface area (Å²) >= 11 is 0. The predicted octanol–water partition coefficient (Wildman–Crippen LogP) is 4.85. The van der Waals surface area contributed by atoms with Crippen LogP contribution in [-0.2, 0) is 21.5 Å². The Kier molecular flexibility index (Phi) is 8.59. The van der Waals surface area contributed by atoms with Gasteiger partial charge in [-0.25, -0.2) is 0 Å². The fraction of sp³-hybridized carbons (Fsp3) is 0.500. The van der Waals surface area contributed by atoms with Crippen molar-refractivity contribution in [1.82, 2.24) is 10.2 Å². The van der Waals surface area contributed by atoms with Crippen LogP contribution in [0.25, 0.3) is 0 Å². The molecular weight excluding hydrogens is 428 g/mol. The summed E-state index contributed by atoms with van der Waals surface area (Å²) in [6.07, 6.45) is 4.26. The maximum absolute atomic E-state index is 13.4. The van der Waals surface area contributed by atoms with Crippen LogP contribution < -0.4 is 14.8 Å². The molecule has 6 nitrogen and oxygen atoms in total. The van der Waals surface area contributed by atoms with Crippen molar-refractivity contribution < 1.29 is 19.1 Å². The largest absolute Gasteiger partial charge is 0.497 e. The number of amides is 2. The Hall–Kier alpha value is -3.02. The third kappa shape index (κ3) is 6.75. The van der Waals surface area contributed by atoms with E-state index in [0.29, 0.717) is 12.3 Å². The number of hydrogen-bond acceptors (Lipinski definition) is 4. The van der Waals surface area contributed by atoms with Crippen molar-refractivity contribution in [3.8, 4) is 11.5 Å². The minimum Gasteiger partial charge on any atom is -0.497 e. The number of hydrogen-bond donors (Lipinski definition) is 1. The molecule has 1 saturated carbocycles. The second kappa shape index (κ2) is 11.4. The number of benzene rings is 2. The molecule has 184 valence electrons. The fourth-order valence-electron chi connectivity index (χ4n) is 4.34. The van der Waals surface area contributed by atoms with E-state index in [1.807, 2.05) is 48.5 Å². The Labute approximate surface area is 203 Å². The van der Waals surface area contributed by atoms with Gasteiger partial charge in [-0.2, -0.15) is 0 Å². The minimum atomic E-state index is -0.614. The summed E-state index contributed by atoms with van der Waals surface area (Å²) in [7, 11) is 1.62. The highest BCUT2D eigenvalue weighted by molar-refractivity contribution is 5.88. The molecule has 0 bridgehead atoms. The molecule has 1 unspecified atom stereocenters. The summed E-state index contributed by atoms with van der Waals surface area (Å²) in [5, 5.41) is 3.13. The van der Waals surface area contributed by atoms with E-state index in [2.05, 4.69) is 26.1 Å². The first-order chi connectivity index (χ1) is 16.2. The summed E-state index contributed by atoms with van der Waals surface area (Å²) in [5.41, 5.74) is 1.85. The van der Waals surface area contributed by atoms with Gasteiger partial charge in [-0.15, -0.1) is 0 Å². The van der Waals surface area contributed by atoms with Crippen LogP contribution in [0.15, 0.2) is 48.5 Å². The van der Waals surface area contributed by atoms with Gasteiger partial charge in [0.25, 0.3) is 5.91 Å². The van der Waals surface area contributed by atoms with E-state index in [-0.39, 0.29) is 29.9 Å². The Bertz CT molecular complexity index is 959. The first-order valence-corrected chi connectivity index (χ1v) is 12.1. The molecule has 3 rings (SSSR count). The zero-order valence-corrected chi connectivity index (χ0v) is 21.1. The molecule has 1 aliphatic carbocycles. The van der Waals surface area contributed by atoms with E-state index in [9.17, 15) is 9.59 Å². The van der Waals surface area contributed by atoms with Crippen LogP contribution in [0, 0.1) is 0 Å². The zero-order chi connectivity index (χ0) is 24.7. The summed E-state index contributed by atoms with van der Waals surface area (Å²) in [6.45, 7) is 8.30. The molecule has 2 amide bonds. The SMILES string of the molecule is COc1ccc(CN(C(=O)COc2ccccc2C(C)(C)C)C(C)C(=O)NC2CCCC2)cc1. The summed E-state index contributed by atoms with van der Waals surface area (Å²) in [6, 6.07) is 14.9. The number of ether oxygens (including phenoxy) is 2. The van der Waals surface area contributed by atoms with Crippen LogP contribution in [0.4, 0.5) is 0 Å². The standard InChI is InChI=1S/C28H38N2O4/c1-20(27(32)29-22-10-6-7-11-22)30(18-21-14-16-23(33-5)17-15-21)26(31)19-34-25-13-9-8-12-24(25)28(2,3)4/h8-9,12-17,20,22H,6-7,10-11,18-19H2,1-5H3,(H,29,32). The van der Waals surface area contributed by atoms with Crippen molar-refractivity contribution >= 4 is 11.8 Å². The molecule has 1 fully saturated rings. The highest BCUT2D eigenvalue weighted by Gasteiger charge is 2.29. The Morgan fingerprint density at radius 3 is 2.32 bits per heavy atom. The molecule has 1 N–H and O–H groups in total. The van der Waals surface area contributed by atoms with Crippen LogP contribution in [0.2, 0.25) is 0 Å². The van der Waals surface area contributed by atoms with Crippen LogP contribution in [0.3, 0.4) is 0 Å². The third-order valence-electron chi connectivity index (χ3n) is 6.43. The maximum Gasteiger partial charge on any atom is 0.261 e. The number of carbonyl (C=O) groups is 2. The smallest absolute Gasteiger partial charge is 0.261 e. The van der Waals surface area contributed by atoms with Gasteiger partial charge in [0.15, 0.2) is 6.61 Å². The van der Waals surface area contributed by atoms with E-state index in [1.54, 1.807) is 18.9 Å². The van der Waals surface area contributed by atoms with E-state index in [0.717, 1.165) is 42.6 Å². The lowest BCUT2D eigenvalue weighted by Gasteiger charge is -2.30. The average molecular weight is 467 g/mol. The molecule has 2 aromatic carbocycles. The molecule has 0 aliphatic heterocycles. The van der Waals surface area contributed by atoms with Gasteiger partial charge in [0.1, 0.15) is 17.5 Å². The normalized spacial score (nSPS) is 15.0. The van der Waals surface area contributed by atoms with Gasteiger partial charge in [-0.05, 0) is 54.5 Å². The van der Waals surface area contributed by atoms with Gasteiger partial charge in [0.2, 0.25) is 5.91 Å². The second-order valence-corrected chi connectivity index (χ2v) is 10.1. The minimum absolute atomic E-state index is 0.114. The van der Waals surface area contributed by atoms with E-state index in [4.69, 9.17) is 9.47 Å². The topological polar surface area (TPSA) is 67.9 Å². The average Bonchev–Trinajstić information content (AvgIpc) is 3.33. The van der Waals surface area contributed by atoms with Crippen molar-refractivity contribution in [2.45, 2.75) is 77.4 Å². The number of carbonyl (C=O) groups excluding carboxylic acids is 2. The molecule has 2 aromatic rings. The number of para-hydroxylation sites is 1. The van der Waals surface area contributed by atoms with Gasteiger partial charge in [0, 0.05) is 12.6 Å². The number of nitrogens with zero attached hydrogens (tertiary/aromatic N) is 1. The van der Waals surface area contributed by atoms with E-state index in [1.165, 1.54) is 0 Å². The molecule has 6 heteroatoms. The lowest BCUT2D eigenvalue weighted by Crippen LogP contribution is -2.50.